The molecule has 0 bridgehead atoms. The van der Waals surface area contributed by atoms with Gasteiger partial charge in [-0.25, -0.2) is 0 Å². The van der Waals surface area contributed by atoms with Gasteiger partial charge in [-0.3, -0.25) is 4.79 Å². The Morgan fingerprint density at radius 3 is 2.75 bits per heavy atom. The van der Waals surface area contributed by atoms with E-state index < -0.39 is 5.97 Å². The highest BCUT2D eigenvalue weighted by atomic mass is 16.5. The monoisotopic (exact) mass is 279 g/mol. The average Bonchev–Trinajstić information content (AvgIpc) is 2.42. The molecule has 4 heteroatoms. The molecule has 0 aliphatic carbocycles. The first-order valence-corrected chi connectivity index (χ1v) is 7.20. The quantitative estimate of drug-likeness (QED) is 0.647. The van der Waals surface area contributed by atoms with E-state index in [1.807, 2.05) is 31.2 Å². The summed E-state index contributed by atoms with van der Waals surface area (Å²) in [5, 5.41) is 11.9. The van der Waals surface area contributed by atoms with Crippen LogP contribution >= 0.6 is 0 Å². The first kappa shape index (κ1) is 16.5. The minimum Gasteiger partial charge on any atom is -0.492 e. The third kappa shape index (κ3) is 7.14. The van der Waals surface area contributed by atoms with E-state index in [1.165, 1.54) is 0 Å². The molecule has 0 aromatic heterocycles. The maximum absolute atomic E-state index is 10.4. The third-order valence-corrected chi connectivity index (χ3v) is 3.29. The molecule has 2 N–H and O–H groups in total. The number of aliphatic carboxylic acids is 1. The molecule has 0 fully saturated rings. The van der Waals surface area contributed by atoms with Crippen molar-refractivity contribution in [1.29, 1.82) is 0 Å². The summed E-state index contributed by atoms with van der Waals surface area (Å²) in [6.07, 6.45) is 2.01. The van der Waals surface area contributed by atoms with Gasteiger partial charge in [0.25, 0.3) is 0 Å². The van der Waals surface area contributed by atoms with Gasteiger partial charge in [0.2, 0.25) is 0 Å². The molecule has 0 amide bonds. The van der Waals surface area contributed by atoms with E-state index in [0.717, 1.165) is 37.2 Å². The number of hydrogen-bond acceptors (Lipinski definition) is 3. The number of carbonyl (C=O) groups is 1. The number of carboxylic acid groups (broad SMARTS) is 1. The lowest BCUT2D eigenvalue weighted by atomic mass is 10.0. The fourth-order valence-corrected chi connectivity index (χ4v) is 1.94. The van der Waals surface area contributed by atoms with E-state index >= 15 is 0 Å². The lowest BCUT2D eigenvalue weighted by Gasteiger charge is -2.12. The van der Waals surface area contributed by atoms with Crippen molar-refractivity contribution in [1.82, 2.24) is 5.32 Å². The van der Waals surface area contributed by atoms with Crippen LogP contribution in [0.5, 0.6) is 5.75 Å². The number of nitrogens with one attached hydrogen (secondary N) is 1. The minimum atomic E-state index is -0.712. The van der Waals surface area contributed by atoms with Crippen LogP contribution in [0.3, 0.4) is 0 Å². The topological polar surface area (TPSA) is 58.6 Å². The van der Waals surface area contributed by atoms with Gasteiger partial charge in [-0.1, -0.05) is 25.1 Å². The van der Waals surface area contributed by atoms with Gasteiger partial charge in [-0.05, 0) is 43.9 Å². The van der Waals surface area contributed by atoms with E-state index in [4.69, 9.17) is 9.84 Å². The molecular formula is C16H25NO3. The Balaban J connectivity index is 2.02. The summed E-state index contributed by atoms with van der Waals surface area (Å²) in [6, 6.07) is 7.98. The molecule has 0 saturated heterocycles. The summed E-state index contributed by atoms with van der Waals surface area (Å²) >= 11 is 0. The number of rotatable bonds is 10. The fraction of sp³-hybridized carbons (Fsp3) is 0.562. The largest absolute Gasteiger partial charge is 0.492 e. The van der Waals surface area contributed by atoms with Crippen LogP contribution in [0.2, 0.25) is 0 Å². The van der Waals surface area contributed by atoms with Gasteiger partial charge in [0, 0.05) is 13.0 Å². The second-order valence-corrected chi connectivity index (χ2v) is 5.19. The summed E-state index contributed by atoms with van der Waals surface area (Å²) < 4.78 is 5.68. The molecule has 1 unspecified atom stereocenters. The number of ether oxygens (including phenoxy) is 1. The van der Waals surface area contributed by atoms with Crippen molar-refractivity contribution in [2.75, 3.05) is 19.7 Å². The zero-order valence-electron chi connectivity index (χ0n) is 12.4. The molecule has 1 rings (SSSR count). The van der Waals surface area contributed by atoms with Gasteiger partial charge in [-0.15, -0.1) is 0 Å². The number of carboxylic acids is 1. The molecule has 1 aromatic carbocycles. The molecule has 0 spiro atoms. The molecular weight excluding hydrogens is 254 g/mol. The molecule has 4 nitrogen and oxygen atoms in total. The van der Waals surface area contributed by atoms with Crippen LogP contribution < -0.4 is 10.1 Å². The van der Waals surface area contributed by atoms with E-state index in [9.17, 15) is 4.79 Å². The Morgan fingerprint density at radius 1 is 1.30 bits per heavy atom. The molecule has 0 saturated carbocycles. The van der Waals surface area contributed by atoms with Gasteiger partial charge in [0.15, 0.2) is 0 Å². The van der Waals surface area contributed by atoms with Gasteiger partial charge < -0.3 is 15.2 Å². The van der Waals surface area contributed by atoms with Crippen LogP contribution in [0.15, 0.2) is 24.3 Å². The summed E-state index contributed by atoms with van der Waals surface area (Å²) in [6.45, 7) is 6.48. The zero-order valence-corrected chi connectivity index (χ0v) is 12.4. The Labute approximate surface area is 121 Å². The number of aryl methyl sites for hydroxylation is 1. The van der Waals surface area contributed by atoms with Gasteiger partial charge in [-0.2, -0.15) is 0 Å². The van der Waals surface area contributed by atoms with Crippen molar-refractivity contribution < 1.29 is 14.6 Å². The van der Waals surface area contributed by atoms with E-state index in [2.05, 4.69) is 12.2 Å². The molecule has 112 valence electrons. The molecule has 1 aromatic rings. The molecule has 0 aliphatic heterocycles. The van der Waals surface area contributed by atoms with Crippen LogP contribution in [0.1, 0.15) is 31.7 Å². The average molecular weight is 279 g/mol. The standard InChI is InChI=1S/C16H25NO3/c1-13(7-8-16(18)19)9-10-17-11-12-20-15-6-4-3-5-14(15)2/h3-6,13,17H,7-12H2,1-2H3,(H,18,19). The molecule has 1 atom stereocenters. The zero-order chi connectivity index (χ0) is 14.8. The van der Waals surface area contributed by atoms with E-state index in [0.29, 0.717) is 12.5 Å². The molecule has 0 aliphatic rings. The number of hydrogen-bond donors (Lipinski definition) is 2. The van der Waals surface area contributed by atoms with Crippen LogP contribution in [0.25, 0.3) is 0 Å². The Bertz CT molecular complexity index is 406. The summed E-state index contributed by atoms with van der Waals surface area (Å²) in [4.78, 5) is 10.4. The summed E-state index contributed by atoms with van der Waals surface area (Å²) in [5.41, 5.74) is 1.15. The van der Waals surface area contributed by atoms with Crippen molar-refractivity contribution in [2.24, 2.45) is 5.92 Å². The fourth-order valence-electron chi connectivity index (χ4n) is 1.94. The van der Waals surface area contributed by atoms with Gasteiger partial charge in [0.05, 0.1) is 0 Å². The predicted molar refractivity (Wildman–Crippen MR) is 80.2 cm³/mol. The van der Waals surface area contributed by atoms with Crippen LogP contribution in [-0.4, -0.2) is 30.8 Å². The SMILES string of the molecule is Cc1ccccc1OCCNCCC(C)CCC(=O)O. The van der Waals surface area contributed by atoms with Gasteiger partial charge in [0.1, 0.15) is 12.4 Å². The van der Waals surface area contributed by atoms with Crippen LogP contribution in [0, 0.1) is 12.8 Å². The Kier molecular flexibility index (Phi) is 7.73. The highest BCUT2D eigenvalue weighted by molar-refractivity contribution is 5.66. The molecule has 0 heterocycles. The van der Waals surface area contributed by atoms with E-state index in [1.54, 1.807) is 0 Å². The van der Waals surface area contributed by atoms with Crippen LogP contribution in [-0.2, 0) is 4.79 Å². The molecule has 0 radical (unpaired) electrons. The highest BCUT2D eigenvalue weighted by Crippen LogP contribution is 2.15. The number of para-hydroxylation sites is 1. The minimum absolute atomic E-state index is 0.261. The second-order valence-electron chi connectivity index (χ2n) is 5.19. The number of benzene rings is 1. The smallest absolute Gasteiger partial charge is 0.303 e. The Hall–Kier alpha value is -1.55. The first-order chi connectivity index (χ1) is 9.59. The van der Waals surface area contributed by atoms with Crippen molar-refractivity contribution in [3.63, 3.8) is 0 Å². The third-order valence-electron chi connectivity index (χ3n) is 3.29. The van der Waals surface area contributed by atoms with Crippen LogP contribution in [0.4, 0.5) is 0 Å². The van der Waals surface area contributed by atoms with Crippen molar-refractivity contribution in [2.45, 2.75) is 33.1 Å². The lowest BCUT2D eigenvalue weighted by Crippen LogP contribution is -2.23. The Morgan fingerprint density at radius 2 is 2.05 bits per heavy atom. The maximum atomic E-state index is 10.4. The lowest BCUT2D eigenvalue weighted by molar-refractivity contribution is -0.137. The van der Waals surface area contributed by atoms with Gasteiger partial charge >= 0.3 is 5.97 Å². The van der Waals surface area contributed by atoms with Crippen molar-refractivity contribution in [3.05, 3.63) is 29.8 Å². The summed E-state index contributed by atoms with van der Waals surface area (Å²) in [5.74, 6) is 0.663. The van der Waals surface area contributed by atoms with Crippen molar-refractivity contribution >= 4 is 5.97 Å². The van der Waals surface area contributed by atoms with E-state index in [-0.39, 0.29) is 6.42 Å². The first-order valence-electron chi connectivity index (χ1n) is 7.20. The second kappa shape index (κ2) is 9.37. The maximum Gasteiger partial charge on any atom is 0.303 e. The molecule has 20 heavy (non-hydrogen) atoms. The normalized spacial score (nSPS) is 12.1. The highest BCUT2D eigenvalue weighted by Gasteiger charge is 2.05. The summed E-state index contributed by atoms with van der Waals surface area (Å²) in [7, 11) is 0. The predicted octanol–water partition coefficient (Wildman–Crippen LogP) is 2.85. The van der Waals surface area contributed by atoms with Crippen molar-refractivity contribution in [3.8, 4) is 5.75 Å².